The Hall–Kier alpha value is -2.97. The molecule has 0 radical (unpaired) electrons. The number of carbonyl (C=O) groups is 3. The predicted octanol–water partition coefficient (Wildman–Crippen LogP) is 1.30. The molecule has 0 saturated carbocycles. The highest BCUT2D eigenvalue weighted by Gasteiger charge is 2.29. The second kappa shape index (κ2) is 7.94. The van der Waals surface area contributed by atoms with E-state index in [1.165, 1.54) is 35.0 Å². The van der Waals surface area contributed by atoms with Crippen LogP contribution in [0.4, 0.5) is 5.69 Å². The minimum absolute atomic E-state index is 0.0756. The number of nitro groups is 1. The monoisotopic (exact) mass is 363 g/mol. The van der Waals surface area contributed by atoms with E-state index in [0.717, 1.165) is 0 Å². The molecule has 1 aliphatic heterocycles. The number of hydrogen-bond acceptors (Lipinski definition) is 5. The summed E-state index contributed by atoms with van der Waals surface area (Å²) >= 11 is 0. The Labute approximate surface area is 150 Å². The second-order valence-corrected chi connectivity index (χ2v) is 6.44. The van der Waals surface area contributed by atoms with Crippen molar-refractivity contribution in [3.63, 3.8) is 0 Å². The number of hydrogen-bond donors (Lipinski definition) is 1. The van der Waals surface area contributed by atoms with Crippen LogP contribution < -0.4 is 0 Å². The van der Waals surface area contributed by atoms with Gasteiger partial charge in [0.1, 0.15) is 0 Å². The van der Waals surface area contributed by atoms with E-state index in [1.54, 1.807) is 6.92 Å². The molecule has 1 aromatic carbocycles. The highest BCUT2D eigenvalue weighted by Crippen LogP contribution is 2.20. The maximum atomic E-state index is 12.5. The van der Waals surface area contributed by atoms with E-state index in [4.69, 9.17) is 5.11 Å². The lowest BCUT2D eigenvalue weighted by molar-refractivity contribution is -0.385. The van der Waals surface area contributed by atoms with Gasteiger partial charge in [-0.2, -0.15) is 0 Å². The standard InChI is InChI=1S/C17H21N3O6/c1-11-8-12(5-6-14(11)20(25)26)16(22)18(2)10-15(21)19-7-3-4-13(9-19)17(23)24/h5-6,8,13H,3-4,7,9-10H2,1-2H3,(H,23,24). The van der Waals surface area contributed by atoms with E-state index >= 15 is 0 Å². The number of benzene rings is 1. The minimum Gasteiger partial charge on any atom is -0.481 e. The van der Waals surface area contributed by atoms with Gasteiger partial charge in [-0.3, -0.25) is 24.5 Å². The molecule has 1 N–H and O–H groups in total. The minimum atomic E-state index is -0.923. The van der Waals surface area contributed by atoms with Gasteiger partial charge < -0.3 is 14.9 Å². The quantitative estimate of drug-likeness (QED) is 0.622. The van der Waals surface area contributed by atoms with E-state index in [-0.39, 0.29) is 30.2 Å². The summed E-state index contributed by atoms with van der Waals surface area (Å²) in [6.07, 6.45) is 1.15. The molecule has 1 fully saturated rings. The van der Waals surface area contributed by atoms with Crippen LogP contribution in [0.3, 0.4) is 0 Å². The Kier molecular flexibility index (Phi) is 5.91. The summed E-state index contributed by atoms with van der Waals surface area (Å²) in [6, 6.07) is 4.04. The predicted molar refractivity (Wildman–Crippen MR) is 91.7 cm³/mol. The summed E-state index contributed by atoms with van der Waals surface area (Å²) < 4.78 is 0. The number of carbonyl (C=O) groups excluding carboxylic acids is 2. The molecule has 1 unspecified atom stereocenters. The first-order chi connectivity index (χ1) is 12.2. The van der Waals surface area contributed by atoms with Crippen LogP contribution in [0.15, 0.2) is 18.2 Å². The fourth-order valence-electron chi connectivity index (χ4n) is 2.99. The number of likely N-dealkylation sites (tertiary alicyclic amines) is 1. The molecule has 1 aliphatic rings. The third-order valence-corrected chi connectivity index (χ3v) is 4.48. The van der Waals surface area contributed by atoms with Crippen molar-refractivity contribution >= 4 is 23.5 Å². The number of carboxylic acids is 1. The molecule has 2 amide bonds. The van der Waals surface area contributed by atoms with E-state index < -0.39 is 22.7 Å². The lowest BCUT2D eigenvalue weighted by Crippen LogP contribution is -2.46. The Bertz CT molecular complexity index is 748. The average molecular weight is 363 g/mol. The van der Waals surface area contributed by atoms with Crippen molar-refractivity contribution in [2.24, 2.45) is 5.92 Å². The fourth-order valence-corrected chi connectivity index (χ4v) is 2.99. The molecule has 1 saturated heterocycles. The highest BCUT2D eigenvalue weighted by atomic mass is 16.6. The van der Waals surface area contributed by atoms with Crippen LogP contribution in [0.2, 0.25) is 0 Å². The fraction of sp³-hybridized carbons (Fsp3) is 0.471. The summed E-state index contributed by atoms with van der Waals surface area (Å²) in [5.74, 6) is -2.24. The lowest BCUT2D eigenvalue weighted by atomic mass is 9.98. The SMILES string of the molecule is Cc1cc(C(=O)N(C)CC(=O)N2CCCC(C(=O)O)C2)ccc1[N+](=O)[O-]. The third kappa shape index (κ3) is 4.35. The summed E-state index contributed by atoms with van der Waals surface area (Å²) in [5.41, 5.74) is 0.541. The van der Waals surface area contributed by atoms with Gasteiger partial charge in [-0.1, -0.05) is 0 Å². The Morgan fingerprint density at radius 2 is 2.08 bits per heavy atom. The Morgan fingerprint density at radius 3 is 2.65 bits per heavy atom. The van der Waals surface area contributed by atoms with Crippen LogP contribution in [-0.2, 0) is 9.59 Å². The topological polar surface area (TPSA) is 121 Å². The molecule has 26 heavy (non-hydrogen) atoms. The van der Waals surface area contributed by atoms with Crippen molar-refractivity contribution in [2.45, 2.75) is 19.8 Å². The Balaban J connectivity index is 2.02. The van der Waals surface area contributed by atoms with E-state index in [2.05, 4.69) is 0 Å². The lowest BCUT2D eigenvalue weighted by Gasteiger charge is -2.32. The smallest absolute Gasteiger partial charge is 0.308 e. The zero-order chi connectivity index (χ0) is 19.4. The summed E-state index contributed by atoms with van der Waals surface area (Å²) in [5, 5.41) is 19.9. The zero-order valence-electron chi connectivity index (χ0n) is 14.7. The van der Waals surface area contributed by atoms with Crippen molar-refractivity contribution < 1.29 is 24.4 Å². The van der Waals surface area contributed by atoms with Gasteiger partial charge in [0.25, 0.3) is 11.6 Å². The number of aliphatic carboxylic acids is 1. The van der Waals surface area contributed by atoms with Crippen LogP contribution in [0.1, 0.15) is 28.8 Å². The van der Waals surface area contributed by atoms with Crippen molar-refractivity contribution in [2.75, 3.05) is 26.7 Å². The molecular formula is C17H21N3O6. The molecule has 0 aromatic heterocycles. The first-order valence-corrected chi connectivity index (χ1v) is 8.21. The van der Waals surface area contributed by atoms with Crippen molar-refractivity contribution in [3.05, 3.63) is 39.4 Å². The number of piperidine rings is 1. The molecule has 1 aromatic rings. The number of likely N-dealkylation sites (N-methyl/N-ethyl adjacent to an activating group) is 1. The van der Waals surface area contributed by atoms with E-state index in [9.17, 15) is 24.5 Å². The second-order valence-electron chi connectivity index (χ2n) is 6.44. The van der Waals surface area contributed by atoms with Crippen LogP contribution in [0, 0.1) is 23.0 Å². The van der Waals surface area contributed by atoms with E-state index in [0.29, 0.717) is 24.9 Å². The van der Waals surface area contributed by atoms with Crippen LogP contribution in [0.25, 0.3) is 0 Å². The molecule has 1 heterocycles. The zero-order valence-corrected chi connectivity index (χ0v) is 14.7. The molecular weight excluding hydrogens is 342 g/mol. The number of carboxylic acid groups (broad SMARTS) is 1. The number of nitro benzene ring substituents is 1. The van der Waals surface area contributed by atoms with Crippen LogP contribution in [0.5, 0.6) is 0 Å². The van der Waals surface area contributed by atoms with Gasteiger partial charge in [-0.15, -0.1) is 0 Å². The highest BCUT2D eigenvalue weighted by molar-refractivity contribution is 5.96. The molecule has 0 bridgehead atoms. The van der Waals surface area contributed by atoms with Crippen LogP contribution >= 0.6 is 0 Å². The van der Waals surface area contributed by atoms with Crippen LogP contribution in [-0.4, -0.2) is 64.3 Å². The molecule has 0 aliphatic carbocycles. The van der Waals surface area contributed by atoms with Crippen molar-refractivity contribution in [1.82, 2.24) is 9.80 Å². The maximum Gasteiger partial charge on any atom is 0.308 e. The molecule has 140 valence electrons. The van der Waals surface area contributed by atoms with Gasteiger partial charge in [-0.25, -0.2) is 0 Å². The largest absolute Gasteiger partial charge is 0.481 e. The molecule has 9 heteroatoms. The van der Waals surface area contributed by atoms with Gasteiger partial charge in [0.05, 0.1) is 17.4 Å². The first kappa shape index (κ1) is 19.4. The molecule has 2 rings (SSSR count). The molecule has 9 nitrogen and oxygen atoms in total. The third-order valence-electron chi connectivity index (χ3n) is 4.48. The molecule has 0 spiro atoms. The van der Waals surface area contributed by atoms with Gasteiger partial charge in [0, 0.05) is 37.3 Å². The number of rotatable bonds is 5. The summed E-state index contributed by atoms with van der Waals surface area (Å²) in [4.78, 5) is 49.0. The number of amides is 2. The van der Waals surface area contributed by atoms with Gasteiger partial charge >= 0.3 is 5.97 Å². The normalized spacial score (nSPS) is 16.8. The van der Waals surface area contributed by atoms with E-state index in [1.807, 2.05) is 0 Å². The van der Waals surface area contributed by atoms with Gasteiger partial charge in [0.15, 0.2) is 0 Å². The number of aryl methyl sites for hydroxylation is 1. The van der Waals surface area contributed by atoms with Crippen molar-refractivity contribution in [1.29, 1.82) is 0 Å². The van der Waals surface area contributed by atoms with Gasteiger partial charge in [0.2, 0.25) is 5.91 Å². The summed E-state index contributed by atoms with van der Waals surface area (Å²) in [6.45, 7) is 1.98. The summed E-state index contributed by atoms with van der Waals surface area (Å²) in [7, 11) is 1.47. The van der Waals surface area contributed by atoms with Crippen molar-refractivity contribution in [3.8, 4) is 0 Å². The first-order valence-electron chi connectivity index (χ1n) is 8.21. The maximum absolute atomic E-state index is 12.5. The van der Waals surface area contributed by atoms with Gasteiger partial charge in [-0.05, 0) is 31.9 Å². The molecule has 1 atom stereocenters. The Morgan fingerprint density at radius 1 is 1.38 bits per heavy atom. The average Bonchev–Trinajstić information content (AvgIpc) is 2.60. The number of nitrogens with zero attached hydrogens (tertiary/aromatic N) is 3.